The van der Waals surface area contributed by atoms with Gasteiger partial charge in [-0.15, -0.1) is 0 Å². The summed E-state index contributed by atoms with van der Waals surface area (Å²) in [5.74, 6) is -0.00968. The maximum Gasteiger partial charge on any atom is 0.250 e. The highest BCUT2D eigenvalue weighted by Gasteiger charge is 2.39. The third-order valence-corrected chi connectivity index (χ3v) is 4.58. The van der Waals surface area contributed by atoms with Gasteiger partial charge in [0.15, 0.2) is 0 Å². The summed E-state index contributed by atoms with van der Waals surface area (Å²) in [5, 5.41) is 5.35. The third-order valence-electron chi connectivity index (χ3n) is 4.58. The Kier molecular flexibility index (Phi) is 3.62. The van der Waals surface area contributed by atoms with Crippen LogP contribution in [0.4, 0.5) is 5.69 Å². The zero-order chi connectivity index (χ0) is 16.5. The molecular weight excluding hydrogens is 296 g/mol. The largest absolute Gasteiger partial charge is 0.324 e. The van der Waals surface area contributed by atoms with Gasteiger partial charge in [0.1, 0.15) is 6.04 Å². The van der Waals surface area contributed by atoms with E-state index in [1.165, 1.54) is 16.3 Å². The van der Waals surface area contributed by atoms with Crippen molar-refractivity contribution < 1.29 is 4.79 Å². The van der Waals surface area contributed by atoms with Gasteiger partial charge >= 0.3 is 0 Å². The highest BCUT2D eigenvalue weighted by molar-refractivity contribution is 6.09. The van der Waals surface area contributed by atoms with Gasteiger partial charge in [0.2, 0.25) is 5.91 Å². The lowest BCUT2D eigenvalue weighted by Crippen LogP contribution is -2.42. The first-order valence-corrected chi connectivity index (χ1v) is 8.12. The Hall–Kier alpha value is -2.94. The van der Waals surface area contributed by atoms with Gasteiger partial charge in [0, 0.05) is 11.4 Å². The fourth-order valence-corrected chi connectivity index (χ4v) is 3.39. The normalized spacial score (nSPS) is 19.5. The lowest BCUT2D eigenvalue weighted by atomic mass is 9.80. The average molecular weight is 314 g/mol. The molecule has 0 saturated carbocycles. The second kappa shape index (κ2) is 5.93. The van der Waals surface area contributed by atoms with Gasteiger partial charge in [-0.3, -0.25) is 9.79 Å². The number of rotatable bonds is 3. The molecule has 3 aromatic carbocycles. The topological polar surface area (TPSA) is 41.5 Å². The molecule has 1 aliphatic heterocycles. The fourth-order valence-electron chi connectivity index (χ4n) is 3.39. The number of hydrogen-bond donors (Lipinski definition) is 1. The molecule has 4 rings (SSSR count). The lowest BCUT2D eigenvalue weighted by Gasteiger charge is -2.33. The predicted molar refractivity (Wildman–Crippen MR) is 98.7 cm³/mol. The van der Waals surface area contributed by atoms with Crippen molar-refractivity contribution in [2.75, 3.05) is 5.32 Å². The summed E-state index contributed by atoms with van der Waals surface area (Å²) < 4.78 is 0. The standard InChI is InChI=1S/C21H18N2O/c1-14-19(18-13-7-9-15-8-5-6-12-17(15)18)20(22-14)21(24)23-16-10-3-2-4-11-16/h2-13,19-20H,1H3,(H,23,24)/t19-,20-/m1/s1. The molecule has 24 heavy (non-hydrogen) atoms. The molecule has 0 unspecified atom stereocenters. The molecule has 3 heteroatoms. The van der Waals surface area contributed by atoms with E-state index < -0.39 is 0 Å². The van der Waals surface area contributed by atoms with Crippen molar-refractivity contribution >= 4 is 28.1 Å². The van der Waals surface area contributed by atoms with Gasteiger partial charge in [0.25, 0.3) is 0 Å². The van der Waals surface area contributed by atoms with Crippen LogP contribution < -0.4 is 5.32 Å². The zero-order valence-corrected chi connectivity index (χ0v) is 13.4. The predicted octanol–water partition coefficient (Wildman–Crippen LogP) is 4.41. The molecule has 0 saturated heterocycles. The van der Waals surface area contributed by atoms with Crippen LogP contribution in [0.25, 0.3) is 10.8 Å². The summed E-state index contributed by atoms with van der Waals surface area (Å²) in [6.45, 7) is 2.00. The van der Waals surface area contributed by atoms with E-state index in [0.717, 1.165) is 11.4 Å². The van der Waals surface area contributed by atoms with Crippen LogP contribution in [0.15, 0.2) is 77.8 Å². The minimum atomic E-state index is -0.365. The van der Waals surface area contributed by atoms with Crippen LogP contribution in [0, 0.1) is 0 Å². The van der Waals surface area contributed by atoms with Crippen molar-refractivity contribution in [1.29, 1.82) is 0 Å². The van der Waals surface area contributed by atoms with E-state index in [2.05, 4.69) is 40.6 Å². The van der Waals surface area contributed by atoms with E-state index in [9.17, 15) is 4.79 Å². The van der Waals surface area contributed by atoms with Crippen LogP contribution in [0.5, 0.6) is 0 Å². The maximum absolute atomic E-state index is 12.6. The molecule has 1 N–H and O–H groups in total. The molecule has 0 fully saturated rings. The molecule has 0 aromatic heterocycles. The first-order valence-electron chi connectivity index (χ1n) is 8.12. The van der Waals surface area contributed by atoms with Gasteiger partial charge in [-0.05, 0) is 35.4 Å². The number of para-hydroxylation sites is 1. The van der Waals surface area contributed by atoms with Gasteiger partial charge in [-0.25, -0.2) is 0 Å². The minimum Gasteiger partial charge on any atom is -0.324 e. The summed E-state index contributed by atoms with van der Waals surface area (Å²) >= 11 is 0. The van der Waals surface area contributed by atoms with Crippen molar-refractivity contribution in [3.8, 4) is 0 Å². The van der Waals surface area contributed by atoms with Gasteiger partial charge < -0.3 is 5.32 Å². The first kappa shape index (κ1) is 14.6. The maximum atomic E-state index is 12.6. The van der Waals surface area contributed by atoms with E-state index in [1.54, 1.807) is 0 Å². The highest BCUT2D eigenvalue weighted by atomic mass is 16.2. The van der Waals surface area contributed by atoms with Crippen LogP contribution in [0.1, 0.15) is 18.4 Å². The van der Waals surface area contributed by atoms with Gasteiger partial charge in [0.05, 0.1) is 5.92 Å². The fraction of sp³-hybridized carbons (Fsp3) is 0.143. The Balaban J connectivity index is 1.65. The second-order valence-corrected chi connectivity index (χ2v) is 6.12. The van der Waals surface area contributed by atoms with Crippen molar-refractivity contribution in [1.82, 2.24) is 0 Å². The summed E-state index contributed by atoms with van der Waals surface area (Å²) in [5.41, 5.74) is 2.99. The van der Waals surface area contributed by atoms with E-state index >= 15 is 0 Å². The molecule has 2 atom stereocenters. The molecule has 0 bridgehead atoms. The third kappa shape index (κ3) is 2.48. The average Bonchev–Trinajstić information content (AvgIpc) is 2.60. The molecule has 1 amide bonds. The van der Waals surface area contributed by atoms with E-state index in [4.69, 9.17) is 0 Å². The van der Waals surface area contributed by atoms with Crippen LogP contribution in [0.3, 0.4) is 0 Å². The second-order valence-electron chi connectivity index (χ2n) is 6.12. The summed E-state index contributed by atoms with van der Waals surface area (Å²) in [4.78, 5) is 17.1. The molecule has 1 heterocycles. The molecule has 0 spiro atoms. The number of aliphatic imine (C=N–C) groups is 1. The van der Waals surface area contributed by atoms with Crippen LogP contribution >= 0.6 is 0 Å². The van der Waals surface area contributed by atoms with Gasteiger partial charge in [-0.2, -0.15) is 0 Å². The number of nitrogens with one attached hydrogen (secondary N) is 1. The van der Waals surface area contributed by atoms with Crippen molar-refractivity contribution in [3.05, 3.63) is 78.4 Å². The SMILES string of the molecule is CC1=N[C@@H](C(=O)Nc2ccccc2)[C@H]1c1cccc2ccccc12. The van der Waals surface area contributed by atoms with Crippen LogP contribution in [-0.2, 0) is 4.79 Å². The van der Waals surface area contributed by atoms with Gasteiger partial charge in [-0.1, -0.05) is 60.7 Å². The van der Waals surface area contributed by atoms with E-state index in [1.807, 2.05) is 49.4 Å². The van der Waals surface area contributed by atoms with E-state index in [0.29, 0.717) is 0 Å². The summed E-state index contributed by atoms with van der Waals surface area (Å²) in [7, 11) is 0. The zero-order valence-electron chi connectivity index (χ0n) is 13.4. The number of carbonyl (C=O) groups excluding carboxylic acids is 1. The molecular formula is C21H18N2O. The van der Waals surface area contributed by atoms with Crippen molar-refractivity contribution in [2.45, 2.75) is 18.9 Å². The number of benzene rings is 3. The van der Waals surface area contributed by atoms with Crippen LogP contribution in [0.2, 0.25) is 0 Å². The number of carbonyl (C=O) groups is 1. The van der Waals surface area contributed by atoms with E-state index in [-0.39, 0.29) is 17.9 Å². The molecule has 0 aliphatic carbocycles. The Morgan fingerprint density at radius 3 is 2.42 bits per heavy atom. The summed E-state index contributed by atoms with van der Waals surface area (Å²) in [6.07, 6.45) is 0. The number of fused-ring (bicyclic) bond motifs is 1. The molecule has 118 valence electrons. The number of nitrogens with zero attached hydrogens (tertiary/aromatic N) is 1. The smallest absolute Gasteiger partial charge is 0.250 e. The Morgan fingerprint density at radius 1 is 0.917 bits per heavy atom. The molecule has 1 aliphatic rings. The molecule has 3 nitrogen and oxygen atoms in total. The number of hydrogen-bond acceptors (Lipinski definition) is 2. The Bertz CT molecular complexity index is 925. The summed E-state index contributed by atoms with van der Waals surface area (Å²) in [6, 6.07) is 23.7. The molecule has 3 aromatic rings. The van der Waals surface area contributed by atoms with Crippen molar-refractivity contribution in [2.24, 2.45) is 4.99 Å². The minimum absolute atomic E-state index is 0.0415. The quantitative estimate of drug-likeness (QED) is 0.764. The number of amides is 1. The lowest BCUT2D eigenvalue weighted by molar-refractivity contribution is -0.117. The van der Waals surface area contributed by atoms with Crippen molar-refractivity contribution in [3.63, 3.8) is 0 Å². The highest BCUT2D eigenvalue weighted by Crippen LogP contribution is 2.36. The molecule has 0 radical (unpaired) electrons. The first-order chi connectivity index (χ1) is 11.7. The van der Waals surface area contributed by atoms with Crippen LogP contribution in [-0.4, -0.2) is 17.7 Å². The number of anilines is 1. The monoisotopic (exact) mass is 314 g/mol. The Morgan fingerprint density at radius 2 is 1.62 bits per heavy atom. The Labute approximate surface area is 141 Å².